The molecule has 9 heteroatoms. The van der Waals surface area contributed by atoms with Gasteiger partial charge in [-0.15, -0.1) is 0 Å². The molecule has 0 spiro atoms. The van der Waals surface area contributed by atoms with Crippen LogP contribution < -0.4 is 10.0 Å². The predicted molar refractivity (Wildman–Crippen MR) is 110 cm³/mol. The Balaban J connectivity index is 1.52. The standard InChI is InChI=1S/C21H19N3O5S/c25-20(29-15-16-4-2-1-3-5-16)14-23-21(26)17-6-8-19(9-7-17)30(27,28)24-18-10-12-22-13-11-18/h1-13H,14-15H2,(H,22,24)(H,23,26). The van der Waals surface area contributed by atoms with E-state index in [9.17, 15) is 18.0 Å². The maximum absolute atomic E-state index is 12.4. The largest absolute Gasteiger partial charge is 0.460 e. The number of benzene rings is 2. The highest BCUT2D eigenvalue weighted by Crippen LogP contribution is 2.16. The maximum atomic E-state index is 12.4. The molecule has 8 nitrogen and oxygen atoms in total. The van der Waals surface area contributed by atoms with Crippen molar-refractivity contribution in [3.05, 3.63) is 90.3 Å². The van der Waals surface area contributed by atoms with E-state index in [-0.39, 0.29) is 23.6 Å². The van der Waals surface area contributed by atoms with Gasteiger partial charge < -0.3 is 10.1 Å². The summed E-state index contributed by atoms with van der Waals surface area (Å²) in [5.74, 6) is -1.09. The van der Waals surface area contributed by atoms with Crippen molar-refractivity contribution in [2.24, 2.45) is 0 Å². The molecule has 1 heterocycles. The van der Waals surface area contributed by atoms with E-state index < -0.39 is 21.9 Å². The third-order valence-corrected chi connectivity index (χ3v) is 5.39. The van der Waals surface area contributed by atoms with Gasteiger partial charge in [-0.25, -0.2) is 8.42 Å². The van der Waals surface area contributed by atoms with Gasteiger partial charge >= 0.3 is 5.97 Å². The highest BCUT2D eigenvalue weighted by molar-refractivity contribution is 7.92. The van der Waals surface area contributed by atoms with Gasteiger partial charge in [0.2, 0.25) is 0 Å². The fraction of sp³-hybridized carbons (Fsp3) is 0.0952. The van der Waals surface area contributed by atoms with Crippen molar-refractivity contribution in [2.75, 3.05) is 11.3 Å². The molecule has 30 heavy (non-hydrogen) atoms. The monoisotopic (exact) mass is 425 g/mol. The molecular formula is C21H19N3O5S. The average Bonchev–Trinajstić information content (AvgIpc) is 2.77. The maximum Gasteiger partial charge on any atom is 0.325 e. The fourth-order valence-corrected chi connectivity index (χ4v) is 3.52. The minimum atomic E-state index is -3.80. The molecule has 0 fully saturated rings. The number of hydrogen-bond acceptors (Lipinski definition) is 6. The zero-order valence-electron chi connectivity index (χ0n) is 15.8. The Labute approximate surface area is 174 Å². The summed E-state index contributed by atoms with van der Waals surface area (Å²) in [5.41, 5.74) is 1.43. The summed E-state index contributed by atoms with van der Waals surface area (Å²) < 4.78 is 32.3. The van der Waals surface area contributed by atoms with Gasteiger partial charge in [0.15, 0.2) is 0 Å². The van der Waals surface area contributed by atoms with Crippen LogP contribution in [0.15, 0.2) is 84.0 Å². The number of rotatable bonds is 8. The molecule has 0 atom stereocenters. The van der Waals surface area contributed by atoms with Crippen LogP contribution in [0.4, 0.5) is 5.69 Å². The van der Waals surface area contributed by atoms with Crippen molar-refractivity contribution in [3.63, 3.8) is 0 Å². The number of ether oxygens (including phenoxy) is 1. The van der Waals surface area contributed by atoms with E-state index in [0.717, 1.165) is 5.56 Å². The Hall–Kier alpha value is -3.72. The molecule has 2 aromatic carbocycles. The van der Waals surface area contributed by atoms with Gasteiger partial charge in [0, 0.05) is 18.0 Å². The fourth-order valence-electron chi connectivity index (χ4n) is 2.46. The number of nitrogens with one attached hydrogen (secondary N) is 2. The number of nitrogens with zero attached hydrogens (tertiary/aromatic N) is 1. The molecular weight excluding hydrogens is 406 g/mol. The van der Waals surface area contributed by atoms with Crippen LogP contribution in [-0.2, 0) is 26.2 Å². The molecule has 0 aliphatic carbocycles. The van der Waals surface area contributed by atoms with Gasteiger partial charge in [-0.2, -0.15) is 0 Å². The molecule has 0 radical (unpaired) electrons. The summed E-state index contributed by atoms with van der Waals surface area (Å²) in [6.45, 7) is -0.179. The molecule has 0 saturated carbocycles. The van der Waals surface area contributed by atoms with E-state index in [0.29, 0.717) is 5.69 Å². The van der Waals surface area contributed by atoms with Crippen molar-refractivity contribution in [1.82, 2.24) is 10.3 Å². The topological polar surface area (TPSA) is 114 Å². The second kappa shape index (κ2) is 9.66. The first-order chi connectivity index (χ1) is 14.4. The number of anilines is 1. The SMILES string of the molecule is O=C(CNC(=O)c1ccc(S(=O)(=O)Nc2ccncc2)cc1)OCc1ccccc1. The summed E-state index contributed by atoms with van der Waals surface area (Å²) in [6, 6.07) is 17.6. The molecule has 0 bridgehead atoms. The smallest absolute Gasteiger partial charge is 0.325 e. The average molecular weight is 425 g/mol. The second-order valence-electron chi connectivity index (χ2n) is 6.19. The van der Waals surface area contributed by atoms with Crippen molar-refractivity contribution in [2.45, 2.75) is 11.5 Å². The highest BCUT2D eigenvalue weighted by atomic mass is 32.2. The number of carbonyl (C=O) groups is 2. The Morgan fingerprint density at radius 2 is 1.57 bits per heavy atom. The van der Waals surface area contributed by atoms with E-state index in [1.165, 1.54) is 48.8 Å². The molecule has 2 N–H and O–H groups in total. The van der Waals surface area contributed by atoms with Gasteiger partial charge in [0.05, 0.1) is 10.6 Å². The van der Waals surface area contributed by atoms with Crippen LogP contribution in [0.25, 0.3) is 0 Å². The first-order valence-electron chi connectivity index (χ1n) is 8.95. The number of pyridine rings is 1. The van der Waals surface area contributed by atoms with E-state index in [1.807, 2.05) is 30.3 Å². The van der Waals surface area contributed by atoms with E-state index >= 15 is 0 Å². The zero-order valence-corrected chi connectivity index (χ0v) is 16.6. The number of amides is 1. The first kappa shape index (κ1) is 21.0. The molecule has 1 aromatic heterocycles. The molecule has 1 amide bonds. The molecule has 3 aromatic rings. The highest BCUT2D eigenvalue weighted by Gasteiger charge is 2.15. The predicted octanol–water partition coefficient (Wildman–Crippen LogP) is 2.36. The number of carbonyl (C=O) groups excluding carboxylic acids is 2. The summed E-state index contributed by atoms with van der Waals surface area (Å²) in [5, 5.41) is 2.45. The number of esters is 1. The number of hydrogen-bond donors (Lipinski definition) is 2. The Morgan fingerprint density at radius 1 is 0.900 bits per heavy atom. The van der Waals surface area contributed by atoms with Gasteiger partial charge in [-0.1, -0.05) is 30.3 Å². The second-order valence-corrected chi connectivity index (χ2v) is 7.88. The van der Waals surface area contributed by atoms with Gasteiger partial charge in [-0.05, 0) is 42.0 Å². The molecule has 0 unspecified atom stereocenters. The minimum Gasteiger partial charge on any atom is -0.460 e. The lowest BCUT2D eigenvalue weighted by molar-refractivity contribution is -0.143. The van der Waals surface area contributed by atoms with Crippen molar-refractivity contribution < 1.29 is 22.7 Å². The van der Waals surface area contributed by atoms with E-state index in [1.54, 1.807) is 0 Å². The zero-order chi connectivity index (χ0) is 21.4. The lowest BCUT2D eigenvalue weighted by Crippen LogP contribution is -2.30. The summed E-state index contributed by atoms with van der Waals surface area (Å²) in [4.78, 5) is 27.8. The quantitative estimate of drug-likeness (QED) is 0.536. The van der Waals surface area contributed by atoms with Crippen LogP contribution >= 0.6 is 0 Å². The van der Waals surface area contributed by atoms with E-state index in [2.05, 4.69) is 15.0 Å². The van der Waals surface area contributed by atoms with Crippen LogP contribution in [0.5, 0.6) is 0 Å². The summed E-state index contributed by atoms with van der Waals surface area (Å²) in [6.07, 6.45) is 2.94. The summed E-state index contributed by atoms with van der Waals surface area (Å²) in [7, 11) is -3.80. The molecule has 0 saturated heterocycles. The third kappa shape index (κ3) is 5.89. The molecule has 0 aliphatic rings. The Morgan fingerprint density at radius 3 is 2.23 bits per heavy atom. The minimum absolute atomic E-state index is 0.00173. The van der Waals surface area contributed by atoms with Crippen LogP contribution in [0, 0.1) is 0 Å². The van der Waals surface area contributed by atoms with Gasteiger partial charge in [0.25, 0.3) is 15.9 Å². The molecule has 3 rings (SSSR count). The Kier molecular flexibility index (Phi) is 6.76. The lowest BCUT2D eigenvalue weighted by Gasteiger charge is -2.09. The van der Waals surface area contributed by atoms with E-state index in [4.69, 9.17) is 4.74 Å². The molecule has 154 valence electrons. The van der Waals surface area contributed by atoms with Crippen LogP contribution in [0.1, 0.15) is 15.9 Å². The number of sulfonamides is 1. The van der Waals surface area contributed by atoms with Gasteiger partial charge in [-0.3, -0.25) is 19.3 Å². The first-order valence-corrected chi connectivity index (χ1v) is 10.4. The van der Waals surface area contributed by atoms with Crippen molar-refractivity contribution in [3.8, 4) is 0 Å². The number of aromatic nitrogens is 1. The normalized spacial score (nSPS) is 10.8. The van der Waals surface area contributed by atoms with Crippen LogP contribution in [-0.4, -0.2) is 31.8 Å². The van der Waals surface area contributed by atoms with Crippen molar-refractivity contribution >= 4 is 27.6 Å². The van der Waals surface area contributed by atoms with Crippen LogP contribution in [0.2, 0.25) is 0 Å². The molecule has 0 aliphatic heterocycles. The summed E-state index contributed by atoms with van der Waals surface area (Å²) >= 11 is 0. The third-order valence-electron chi connectivity index (χ3n) is 4.00. The van der Waals surface area contributed by atoms with Gasteiger partial charge in [0.1, 0.15) is 13.2 Å². The lowest BCUT2D eigenvalue weighted by atomic mass is 10.2. The van der Waals surface area contributed by atoms with Crippen LogP contribution in [0.3, 0.4) is 0 Å². The van der Waals surface area contributed by atoms with Crippen molar-refractivity contribution in [1.29, 1.82) is 0 Å². The Bertz CT molecular complexity index is 1100.